The van der Waals surface area contributed by atoms with E-state index < -0.39 is 21.2 Å². The Morgan fingerprint density at radius 1 is 1.40 bits per heavy atom. The monoisotopic (exact) mass is 239 g/mol. The molecule has 15 heavy (non-hydrogen) atoms. The molecule has 1 rings (SSSR count). The fourth-order valence-electron chi connectivity index (χ4n) is 0.927. The molecule has 0 saturated carbocycles. The van der Waals surface area contributed by atoms with E-state index in [1.54, 1.807) is 0 Å². The first-order valence-corrected chi connectivity index (χ1v) is 4.93. The number of methoxy groups -OCH3 is 1. The molecule has 0 heterocycles. The zero-order valence-corrected chi connectivity index (χ0v) is 8.48. The van der Waals surface area contributed by atoms with Gasteiger partial charge in [-0.1, -0.05) is 0 Å². The van der Waals surface area contributed by atoms with Crippen molar-refractivity contribution in [3.63, 3.8) is 0 Å². The number of anilines is 1. The number of hydrogen-bond acceptors (Lipinski definition) is 3. The standard InChI is InChI=1S/C8H8F3NO2S/c1-14-5-2-3-6(12)7(4-5)15(13)8(9,10)11/h2-4H,12H2,1H3. The third-order valence-electron chi connectivity index (χ3n) is 1.63. The molecule has 0 amide bonds. The average molecular weight is 239 g/mol. The molecule has 1 unspecified atom stereocenters. The zero-order chi connectivity index (χ0) is 11.6. The Labute approximate surface area is 86.5 Å². The van der Waals surface area contributed by atoms with Crippen LogP contribution < -0.4 is 10.5 Å². The van der Waals surface area contributed by atoms with E-state index in [-0.39, 0.29) is 11.4 Å². The van der Waals surface area contributed by atoms with E-state index in [1.807, 2.05) is 0 Å². The van der Waals surface area contributed by atoms with Crippen LogP contribution in [0.5, 0.6) is 5.75 Å². The minimum absolute atomic E-state index is 0.175. The van der Waals surface area contributed by atoms with E-state index in [4.69, 9.17) is 10.5 Å². The molecule has 2 N–H and O–H groups in total. The van der Waals surface area contributed by atoms with Crippen molar-refractivity contribution < 1.29 is 22.1 Å². The van der Waals surface area contributed by atoms with E-state index in [0.717, 1.165) is 6.07 Å². The molecule has 0 fully saturated rings. The van der Waals surface area contributed by atoms with Gasteiger partial charge >= 0.3 is 5.51 Å². The molecule has 7 heteroatoms. The van der Waals surface area contributed by atoms with Crippen LogP contribution in [0.1, 0.15) is 0 Å². The summed E-state index contributed by atoms with van der Waals surface area (Å²) in [4.78, 5) is -0.484. The normalized spacial score (nSPS) is 13.6. The number of benzene rings is 1. The SMILES string of the molecule is COc1ccc(N)c(S(=O)C(F)(F)F)c1. The van der Waals surface area contributed by atoms with Crippen molar-refractivity contribution in [2.75, 3.05) is 12.8 Å². The Hall–Kier alpha value is -1.24. The molecule has 0 bridgehead atoms. The second kappa shape index (κ2) is 4.09. The van der Waals surface area contributed by atoms with Crippen molar-refractivity contribution in [1.82, 2.24) is 0 Å². The van der Waals surface area contributed by atoms with Crippen LogP contribution in [0.4, 0.5) is 18.9 Å². The minimum atomic E-state index is -4.82. The Morgan fingerprint density at radius 3 is 2.47 bits per heavy atom. The van der Waals surface area contributed by atoms with Gasteiger partial charge in [0, 0.05) is 5.69 Å². The van der Waals surface area contributed by atoms with Gasteiger partial charge in [0.2, 0.25) is 0 Å². The second-order valence-electron chi connectivity index (χ2n) is 2.62. The molecule has 0 aliphatic heterocycles. The molecule has 0 aliphatic carbocycles. The number of alkyl halides is 3. The zero-order valence-electron chi connectivity index (χ0n) is 7.67. The molecule has 1 aromatic carbocycles. The Morgan fingerprint density at radius 2 is 2.00 bits per heavy atom. The summed E-state index contributed by atoms with van der Waals surface area (Å²) in [5.41, 5.74) is 0.300. The van der Waals surface area contributed by atoms with Gasteiger partial charge in [-0.2, -0.15) is 13.2 Å². The van der Waals surface area contributed by atoms with Crippen LogP contribution in [0.25, 0.3) is 0 Å². The molecule has 0 saturated heterocycles. The fraction of sp³-hybridized carbons (Fsp3) is 0.250. The van der Waals surface area contributed by atoms with Gasteiger partial charge in [0.15, 0.2) is 10.8 Å². The van der Waals surface area contributed by atoms with Crippen molar-refractivity contribution in [1.29, 1.82) is 0 Å². The molecular weight excluding hydrogens is 231 g/mol. The highest BCUT2D eigenvalue weighted by Gasteiger charge is 2.39. The van der Waals surface area contributed by atoms with Gasteiger partial charge in [-0.3, -0.25) is 0 Å². The van der Waals surface area contributed by atoms with Gasteiger partial charge in [-0.05, 0) is 18.2 Å². The molecule has 0 aliphatic rings. The van der Waals surface area contributed by atoms with E-state index in [1.165, 1.54) is 19.2 Å². The second-order valence-corrected chi connectivity index (χ2v) is 4.06. The highest BCUT2D eigenvalue weighted by molar-refractivity contribution is 7.86. The molecule has 1 atom stereocenters. The molecule has 84 valence electrons. The van der Waals surface area contributed by atoms with Crippen LogP contribution in [0.3, 0.4) is 0 Å². The van der Waals surface area contributed by atoms with E-state index >= 15 is 0 Å². The van der Waals surface area contributed by atoms with Gasteiger partial charge in [0.25, 0.3) is 0 Å². The maximum atomic E-state index is 12.2. The lowest BCUT2D eigenvalue weighted by Crippen LogP contribution is -2.17. The largest absolute Gasteiger partial charge is 0.497 e. The number of halogens is 3. The van der Waals surface area contributed by atoms with Crippen molar-refractivity contribution in [2.45, 2.75) is 10.4 Å². The first-order valence-electron chi connectivity index (χ1n) is 3.78. The summed E-state index contributed by atoms with van der Waals surface area (Å²) in [6, 6.07) is 3.63. The van der Waals surface area contributed by atoms with Gasteiger partial charge < -0.3 is 10.5 Å². The van der Waals surface area contributed by atoms with Crippen molar-refractivity contribution in [2.24, 2.45) is 0 Å². The number of nitrogens with two attached hydrogens (primary N) is 1. The maximum Gasteiger partial charge on any atom is 0.475 e. The van der Waals surface area contributed by atoms with Gasteiger partial charge in [0.1, 0.15) is 5.75 Å². The predicted molar refractivity (Wildman–Crippen MR) is 49.9 cm³/mol. The van der Waals surface area contributed by atoms with E-state index in [2.05, 4.69) is 0 Å². The topological polar surface area (TPSA) is 52.3 Å². The van der Waals surface area contributed by atoms with Gasteiger partial charge in [0.05, 0.1) is 12.0 Å². The third-order valence-corrected chi connectivity index (χ3v) is 2.80. The molecular formula is C8H8F3NO2S. The molecule has 1 aromatic rings. The first kappa shape index (κ1) is 11.8. The van der Waals surface area contributed by atoms with Crippen LogP contribution >= 0.6 is 0 Å². The van der Waals surface area contributed by atoms with Crippen molar-refractivity contribution >= 4 is 16.5 Å². The van der Waals surface area contributed by atoms with Gasteiger partial charge in [-0.15, -0.1) is 0 Å². The molecule has 0 spiro atoms. The van der Waals surface area contributed by atoms with Crippen LogP contribution in [0, 0.1) is 0 Å². The first-order chi connectivity index (χ1) is 6.86. The van der Waals surface area contributed by atoms with Gasteiger partial charge in [-0.25, -0.2) is 4.21 Å². The summed E-state index contributed by atoms with van der Waals surface area (Å²) >= 11 is 0. The van der Waals surface area contributed by atoms with E-state index in [0.29, 0.717) is 0 Å². The lowest BCUT2D eigenvalue weighted by molar-refractivity contribution is -0.0384. The number of ether oxygens (including phenoxy) is 1. The third kappa shape index (κ3) is 2.62. The van der Waals surface area contributed by atoms with Crippen LogP contribution in [0.15, 0.2) is 23.1 Å². The lowest BCUT2D eigenvalue weighted by Gasteiger charge is -2.09. The molecule has 0 aromatic heterocycles. The summed E-state index contributed by atoms with van der Waals surface area (Å²) < 4.78 is 52.2. The smallest absolute Gasteiger partial charge is 0.475 e. The molecule has 0 radical (unpaired) electrons. The average Bonchev–Trinajstić information content (AvgIpc) is 2.16. The van der Waals surface area contributed by atoms with Crippen LogP contribution in [-0.4, -0.2) is 16.8 Å². The van der Waals surface area contributed by atoms with Crippen molar-refractivity contribution in [3.8, 4) is 5.75 Å². The summed E-state index contributed by atoms with van der Waals surface area (Å²) in [6.45, 7) is 0. The Balaban J connectivity index is 3.19. The Bertz CT molecular complexity index is 392. The number of nitrogen functional groups attached to an aromatic ring is 1. The fourth-order valence-corrected chi connectivity index (χ4v) is 1.68. The van der Waals surface area contributed by atoms with Crippen LogP contribution in [0.2, 0.25) is 0 Å². The highest BCUT2D eigenvalue weighted by atomic mass is 32.2. The van der Waals surface area contributed by atoms with Crippen molar-refractivity contribution in [3.05, 3.63) is 18.2 Å². The lowest BCUT2D eigenvalue weighted by atomic mass is 10.3. The van der Waals surface area contributed by atoms with Crippen LogP contribution in [-0.2, 0) is 10.8 Å². The number of hydrogen-bond donors (Lipinski definition) is 1. The summed E-state index contributed by atoms with van der Waals surface area (Å²) in [5, 5.41) is 0. The maximum absolute atomic E-state index is 12.2. The Kier molecular flexibility index (Phi) is 3.23. The minimum Gasteiger partial charge on any atom is -0.497 e. The highest BCUT2D eigenvalue weighted by Crippen LogP contribution is 2.31. The molecule has 3 nitrogen and oxygen atoms in total. The number of rotatable bonds is 2. The summed E-state index contributed by atoms with van der Waals surface area (Å²) in [6.07, 6.45) is 0. The summed E-state index contributed by atoms with van der Waals surface area (Å²) in [5.74, 6) is 0.178. The van der Waals surface area contributed by atoms with E-state index in [9.17, 15) is 17.4 Å². The summed E-state index contributed by atoms with van der Waals surface area (Å²) in [7, 11) is -1.83. The quantitative estimate of drug-likeness (QED) is 0.802. The predicted octanol–water partition coefficient (Wildman–Crippen LogP) is 1.90.